The van der Waals surface area contributed by atoms with Crippen LogP contribution in [0.4, 0.5) is 0 Å². The SMILES string of the molecule is CCCCC(CC)CN1C(=O)C(=Cc2cn(-c3ccccc3)nc2-c2ccc(OCc3ccc(Cl)cc3Cl)cc2)SC1=S. The van der Waals surface area contributed by atoms with Crippen LogP contribution in [0.25, 0.3) is 23.0 Å². The summed E-state index contributed by atoms with van der Waals surface area (Å²) in [7, 11) is 0. The number of benzene rings is 3. The predicted octanol–water partition coefficient (Wildman–Crippen LogP) is 9.84. The van der Waals surface area contributed by atoms with Crippen LogP contribution < -0.4 is 4.74 Å². The molecule has 5 rings (SSSR count). The Bertz CT molecular complexity index is 1620. The number of amides is 1. The van der Waals surface area contributed by atoms with Gasteiger partial charge in [0.25, 0.3) is 5.91 Å². The average molecular weight is 651 g/mol. The summed E-state index contributed by atoms with van der Waals surface area (Å²) in [6.07, 6.45) is 8.30. The molecule has 1 aromatic heterocycles. The monoisotopic (exact) mass is 649 g/mol. The molecule has 43 heavy (non-hydrogen) atoms. The maximum absolute atomic E-state index is 13.5. The van der Waals surface area contributed by atoms with E-state index in [-0.39, 0.29) is 5.91 Å². The fourth-order valence-electron chi connectivity index (χ4n) is 4.91. The Morgan fingerprint density at radius 2 is 1.81 bits per heavy atom. The van der Waals surface area contributed by atoms with Crippen molar-refractivity contribution in [2.24, 2.45) is 5.92 Å². The van der Waals surface area contributed by atoms with Gasteiger partial charge in [-0.15, -0.1) is 0 Å². The van der Waals surface area contributed by atoms with E-state index < -0.39 is 0 Å². The standard InChI is InChI=1S/C34H33Cl2N3O2S2/c1-3-5-9-23(4-2)20-38-33(40)31(43-34(38)42)18-26-21-39(28-10-7-6-8-11-28)37-32(26)24-13-16-29(17-14-24)41-22-25-12-15-27(35)19-30(25)36/h6-8,10-19,21,23H,3-5,9,20,22H2,1-2H3. The van der Waals surface area contributed by atoms with E-state index in [1.165, 1.54) is 11.8 Å². The first kappa shape index (κ1) is 31.3. The van der Waals surface area contributed by atoms with Crippen LogP contribution in [0.15, 0.2) is 83.9 Å². The van der Waals surface area contributed by atoms with E-state index in [0.29, 0.717) is 44.1 Å². The van der Waals surface area contributed by atoms with Gasteiger partial charge in [-0.05, 0) is 66.9 Å². The molecule has 0 spiro atoms. The molecule has 0 N–H and O–H groups in total. The van der Waals surface area contributed by atoms with E-state index in [1.54, 1.807) is 17.0 Å². The number of thioether (sulfide) groups is 1. The highest BCUT2D eigenvalue weighted by atomic mass is 35.5. The van der Waals surface area contributed by atoms with Gasteiger partial charge in [-0.3, -0.25) is 9.69 Å². The first-order valence-corrected chi connectivity index (χ1v) is 16.4. The molecular weight excluding hydrogens is 617 g/mol. The summed E-state index contributed by atoms with van der Waals surface area (Å²) in [6.45, 7) is 5.36. The van der Waals surface area contributed by atoms with Gasteiger partial charge in [0.1, 0.15) is 16.7 Å². The number of aromatic nitrogens is 2. The number of para-hydroxylation sites is 1. The third-order valence-electron chi connectivity index (χ3n) is 7.44. The first-order chi connectivity index (χ1) is 20.9. The Kier molecular flexibility index (Phi) is 10.6. The van der Waals surface area contributed by atoms with Crippen LogP contribution in [0.1, 0.15) is 50.7 Å². The molecule has 0 aliphatic carbocycles. The molecule has 1 fully saturated rings. The van der Waals surface area contributed by atoms with Gasteiger partial charge in [-0.1, -0.05) is 105 Å². The van der Waals surface area contributed by atoms with Gasteiger partial charge in [0, 0.05) is 39.5 Å². The van der Waals surface area contributed by atoms with E-state index in [9.17, 15) is 4.79 Å². The molecular formula is C34H33Cl2N3O2S2. The highest BCUT2D eigenvalue weighted by Crippen LogP contribution is 2.36. The molecule has 3 aromatic carbocycles. The van der Waals surface area contributed by atoms with Crippen LogP contribution in [0.5, 0.6) is 5.75 Å². The second kappa shape index (κ2) is 14.6. The molecule has 1 unspecified atom stereocenters. The van der Waals surface area contributed by atoms with Crippen molar-refractivity contribution in [3.63, 3.8) is 0 Å². The maximum atomic E-state index is 13.5. The van der Waals surface area contributed by atoms with Crippen molar-refractivity contribution < 1.29 is 9.53 Å². The van der Waals surface area contributed by atoms with Crippen LogP contribution in [-0.2, 0) is 11.4 Å². The maximum Gasteiger partial charge on any atom is 0.266 e. The summed E-state index contributed by atoms with van der Waals surface area (Å²) < 4.78 is 8.44. The third kappa shape index (κ3) is 7.71. The van der Waals surface area contributed by atoms with Gasteiger partial charge in [0.05, 0.1) is 16.3 Å². The van der Waals surface area contributed by atoms with E-state index in [1.807, 2.05) is 77.6 Å². The van der Waals surface area contributed by atoms with Crippen molar-refractivity contribution >= 4 is 63.5 Å². The molecule has 4 aromatic rings. The minimum atomic E-state index is -0.0343. The summed E-state index contributed by atoms with van der Waals surface area (Å²) in [6, 6.07) is 23.0. The third-order valence-corrected chi connectivity index (χ3v) is 9.41. The zero-order chi connectivity index (χ0) is 30.3. The molecule has 1 aliphatic rings. The number of carbonyl (C=O) groups excluding carboxylic acids is 1. The highest BCUT2D eigenvalue weighted by molar-refractivity contribution is 8.26. The Labute approximate surface area is 272 Å². The minimum absolute atomic E-state index is 0.0343. The van der Waals surface area contributed by atoms with Crippen LogP contribution in [0.2, 0.25) is 10.0 Å². The number of unbranched alkanes of at least 4 members (excludes halogenated alkanes) is 1. The summed E-state index contributed by atoms with van der Waals surface area (Å²) >= 11 is 19.3. The second-order valence-corrected chi connectivity index (χ2v) is 13.0. The quantitative estimate of drug-likeness (QED) is 0.113. The van der Waals surface area contributed by atoms with Crippen LogP contribution >= 0.6 is 47.2 Å². The molecule has 222 valence electrons. The minimum Gasteiger partial charge on any atom is -0.489 e. The lowest BCUT2D eigenvalue weighted by molar-refractivity contribution is -0.122. The zero-order valence-electron chi connectivity index (χ0n) is 24.1. The molecule has 1 saturated heterocycles. The average Bonchev–Trinajstić information content (AvgIpc) is 3.55. The molecule has 0 saturated carbocycles. The van der Waals surface area contributed by atoms with Crippen molar-refractivity contribution in [2.45, 2.75) is 46.1 Å². The van der Waals surface area contributed by atoms with Crippen LogP contribution in [-0.4, -0.2) is 31.5 Å². The van der Waals surface area contributed by atoms with E-state index in [0.717, 1.165) is 53.8 Å². The number of rotatable bonds is 12. The molecule has 9 heteroatoms. The Morgan fingerprint density at radius 1 is 1.05 bits per heavy atom. The summed E-state index contributed by atoms with van der Waals surface area (Å²) in [5.74, 6) is 1.11. The van der Waals surface area contributed by atoms with E-state index in [2.05, 4.69) is 13.8 Å². The van der Waals surface area contributed by atoms with Crippen molar-refractivity contribution in [3.8, 4) is 22.7 Å². The van der Waals surface area contributed by atoms with Crippen molar-refractivity contribution in [2.75, 3.05) is 6.54 Å². The Balaban J connectivity index is 1.41. The van der Waals surface area contributed by atoms with Gasteiger partial charge in [0.2, 0.25) is 0 Å². The number of nitrogens with zero attached hydrogens (tertiary/aromatic N) is 3. The highest BCUT2D eigenvalue weighted by Gasteiger charge is 2.33. The molecule has 5 nitrogen and oxygen atoms in total. The smallest absolute Gasteiger partial charge is 0.266 e. The Morgan fingerprint density at radius 3 is 2.51 bits per heavy atom. The number of hydrogen-bond donors (Lipinski definition) is 0. The lowest BCUT2D eigenvalue weighted by atomic mass is 9.99. The number of hydrogen-bond acceptors (Lipinski definition) is 5. The lowest BCUT2D eigenvalue weighted by Gasteiger charge is -2.21. The van der Waals surface area contributed by atoms with Crippen molar-refractivity contribution in [3.05, 3.63) is 105 Å². The molecule has 0 bridgehead atoms. The van der Waals surface area contributed by atoms with Gasteiger partial charge >= 0.3 is 0 Å². The van der Waals surface area contributed by atoms with Crippen LogP contribution in [0, 0.1) is 5.92 Å². The second-order valence-electron chi connectivity index (χ2n) is 10.5. The first-order valence-electron chi connectivity index (χ1n) is 14.4. The topological polar surface area (TPSA) is 47.4 Å². The van der Waals surface area contributed by atoms with Crippen molar-refractivity contribution in [1.82, 2.24) is 14.7 Å². The summed E-state index contributed by atoms with van der Waals surface area (Å²) in [5.41, 5.74) is 4.28. The summed E-state index contributed by atoms with van der Waals surface area (Å²) in [4.78, 5) is 15.9. The number of carbonyl (C=O) groups is 1. The predicted molar refractivity (Wildman–Crippen MR) is 183 cm³/mol. The largest absolute Gasteiger partial charge is 0.489 e. The van der Waals surface area contributed by atoms with Gasteiger partial charge in [-0.25, -0.2) is 4.68 Å². The normalized spacial score (nSPS) is 15.0. The molecule has 1 atom stereocenters. The number of ether oxygens (including phenoxy) is 1. The van der Waals surface area contributed by atoms with E-state index >= 15 is 0 Å². The zero-order valence-corrected chi connectivity index (χ0v) is 27.3. The Hall–Kier alpha value is -3.10. The molecule has 2 heterocycles. The molecule has 1 aliphatic heterocycles. The fraction of sp³-hybridized carbons (Fsp3) is 0.265. The number of thiocarbonyl (C=S) groups is 1. The van der Waals surface area contributed by atoms with Gasteiger partial charge < -0.3 is 4.74 Å². The summed E-state index contributed by atoms with van der Waals surface area (Å²) in [5, 5.41) is 6.08. The van der Waals surface area contributed by atoms with Gasteiger partial charge in [-0.2, -0.15) is 5.10 Å². The van der Waals surface area contributed by atoms with E-state index in [4.69, 9.17) is 45.3 Å². The lowest BCUT2D eigenvalue weighted by Crippen LogP contribution is -2.33. The van der Waals surface area contributed by atoms with Crippen LogP contribution in [0.3, 0.4) is 0 Å². The fourth-order valence-corrected chi connectivity index (χ4v) is 6.64. The molecule has 1 amide bonds. The van der Waals surface area contributed by atoms with Crippen molar-refractivity contribution in [1.29, 1.82) is 0 Å². The van der Waals surface area contributed by atoms with Gasteiger partial charge in [0.15, 0.2) is 0 Å². The number of halogens is 2. The molecule has 0 radical (unpaired) electrons.